The fraction of sp³-hybridized carbons (Fsp3) is 0.300. The summed E-state index contributed by atoms with van der Waals surface area (Å²) in [6.45, 7) is 1.23. The number of hydrogen-bond acceptors (Lipinski definition) is 3. The number of ether oxygens (including phenoxy) is 1. The van der Waals surface area contributed by atoms with Gasteiger partial charge in [0.05, 0.1) is 12.2 Å². The summed E-state index contributed by atoms with van der Waals surface area (Å²) >= 11 is 0. The Balaban J connectivity index is 3.11. The summed E-state index contributed by atoms with van der Waals surface area (Å²) in [5.74, 6) is -6.32. The van der Waals surface area contributed by atoms with Crippen LogP contribution in [-0.2, 0) is 15.5 Å². The van der Waals surface area contributed by atoms with Gasteiger partial charge in [-0.3, -0.25) is 0 Å². The molecule has 0 bridgehead atoms. The van der Waals surface area contributed by atoms with E-state index in [0.717, 1.165) is 18.2 Å². The Bertz CT molecular complexity index is 407. The third kappa shape index (κ3) is 2.26. The van der Waals surface area contributed by atoms with Crippen molar-refractivity contribution in [2.45, 2.75) is 12.8 Å². The average molecular weight is 233 g/mol. The van der Waals surface area contributed by atoms with Gasteiger partial charge in [0.25, 0.3) is 0 Å². The third-order valence-corrected chi connectivity index (χ3v) is 1.88. The van der Waals surface area contributed by atoms with E-state index >= 15 is 0 Å². The number of nitrogen functional groups attached to an aromatic ring is 1. The first-order chi connectivity index (χ1) is 7.39. The zero-order chi connectivity index (χ0) is 12.3. The maximum Gasteiger partial charge on any atom is 0.382 e. The first kappa shape index (κ1) is 12.4. The van der Waals surface area contributed by atoms with Gasteiger partial charge in [-0.15, -0.1) is 0 Å². The number of hydrogen-bond donors (Lipinski definition) is 1. The zero-order valence-corrected chi connectivity index (χ0v) is 8.47. The number of esters is 1. The topological polar surface area (TPSA) is 52.3 Å². The van der Waals surface area contributed by atoms with E-state index in [0.29, 0.717) is 0 Å². The fourth-order valence-corrected chi connectivity index (χ4v) is 1.15. The van der Waals surface area contributed by atoms with E-state index < -0.39 is 29.0 Å². The summed E-state index contributed by atoms with van der Waals surface area (Å²) in [6.07, 6.45) is 0. The lowest BCUT2D eigenvalue weighted by atomic mass is 10.1. The molecule has 1 aromatic rings. The summed E-state index contributed by atoms with van der Waals surface area (Å²) in [5, 5.41) is 0. The molecule has 0 saturated heterocycles. The average Bonchev–Trinajstić information content (AvgIpc) is 2.17. The van der Waals surface area contributed by atoms with E-state index in [1.54, 1.807) is 0 Å². The van der Waals surface area contributed by atoms with Crippen molar-refractivity contribution in [3.05, 3.63) is 29.6 Å². The maximum atomic E-state index is 13.5. The van der Waals surface area contributed by atoms with Crippen LogP contribution in [0.4, 0.5) is 18.9 Å². The summed E-state index contributed by atoms with van der Waals surface area (Å²) in [6, 6.07) is 2.29. The second-order valence-electron chi connectivity index (χ2n) is 3.03. The van der Waals surface area contributed by atoms with Crippen molar-refractivity contribution < 1.29 is 22.7 Å². The molecule has 16 heavy (non-hydrogen) atoms. The van der Waals surface area contributed by atoms with E-state index in [-0.39, 0.29) is 6.61 Å². The van der Waals surface area contributed by atoms with Crippen molar-refractivity contribution in [2.75, 3.05) is 12.3 Å². The van der Waals surface area contributed by atoms with E-state index in [1.807, 2.05) is 0 Å². The highest BCUT2D eigenvalue weighted by atomic mass is 19.3. The van der Waals surface area contributed by atoms with Crippen molar-refractivity contribution in [3.63, 3.8) is 0 Å². The molecule has 2 N–H and O–H groups in total. The number of rotatable bonds is 3. The van der Waals surface area contributed by atoms with Crippen molar-refractivity contribution >= 4 is 11.7 Å². The third-order valence-electron chi connectivity index (χ3n) is 1.88. The first-order valence-corrected chi connectivity index (χ1v) is 4.50. The Morgan fingerprint density at radius 2 is 2.12 bits per heavy atom. The molecular weight excluding hydrogens is 223 g/mol. The normalized spacial score (nSPS) is 11.2. The van der Waals surface area contributed by atoms with Crippen molar-refractivity contribution in [1.29, 1.82) is 0 Å². The molecule has 0 fully saturated rings. The highest BCUT2D eigenvalue weighted by Gasteiger charge is 2.44. The Morgan fingerprint density at radius 1 is 1.50 bits per heavy atom. The number of carbonyl (C=O) groups is 1. The number of benzene rings is 1. The Morgan fingerprint density at radius 3 is 2.62 bits per heavy atom. The lowest BCUT2D eigenvalue weighted by Gasteiger charge is -2.16. The van der Waals surface area contributed by atoms with Gasteiger partial charge in [0.2, 0.25) is 0 Å². The van der Waals surface area contributed by atoms with Crippen LogP contribution in [0.15, 0.2) is 18.2 Å². The van der Waals surface area contributed by atoms with Crippen LogP contribution in [0, 0.1) is 5.82 Å². The minimum atomic E-state index is -3.87. The lowest BCUT2D eigenvalue weighted by Crippen LogP contribution is -2.29. The molecule has 3 nitrogen and oxygen atoms in total. The number of alkyl halides is 2. The number of carbonyl (C=O) groups excluding carboxylic acids is 1. The molecule has 0 amide bonds. The van der Waals surface area contributed by atoms with Crippen molar-refractivity contribution in [3.8, 4) is 0 Å². The van der Waals surface area contributed by atoms with Gasteiger partial charge in [0.1, 0.15) is 5.82 Å². The van der Waals surface area contributed by atoms with Crippen LogP contribution in [0.2, 0.25) is 0 Å². The number of nitrogens with two attached hydrogens (primary N) is 1. The van der Waals surface area contributed by atoms with Crippen LogP contribution in [0.1, 0.15) is 12.5 Å². The highest BCUT2D eigenvalue weighted by Crippen LogP contribution is 2.33. The van der Waals surface area contributed by atoms with Crippen LogP contribution in [0.3, 0.4) is 0 Å². The monoisotopic (exact) mass is 233 g/mol. The molecule has 0 aliphatic carbocycles. The second-order valence-corrected chi connectivity index (χ2v) is 3.03. The van der Waals surface area contributed by atoms with Gasteiger partial charge in [-0.25, -0.2) is 9.18 Å². The summed E-state index contributed by atoms with van der Waals surface area (Å²) in [4.78, 5) is 11.0. The largest absolute Gasteiger partial charge is 0.461 e. The molecule has 6 heteroatoms. The van der Waals surface area contributed by atoms with Gasteiger partial charge < -0.3 is 10.5 Å². The van der Waals surface area contributed by atoms with Crippen molar-refractivity contribution in [2.24, 2.45) is 0 Å². The molecule has 0 aliphatic rings. The minimum Gasteiger partial charge on any atom is -0.461 e. The molecule has 0 saturated carbocycles. The molecule has 1 rings (SSSR count). The summed E-state index contributed by atoms with van der Waals surface area (Å²) in [7, 11) is 0. The second kappa shape index (κ2) is 4.42. The smallest absolute Gasteiger partial charge is 0.382 e. The van der Waals surface area contributed by atoms with Gasteiger partial charge in [-0.1, -0.05) is 0 Å². The van der Waals surface area contributed by atoms with E-state index in [2.05, 4.69) is 4.74 Å². The van der Waals surface area contributed by atoms with Crippen LogP contribution in [-0.4, -0.2) is 12.6 Å². The van der Waals surface area contributed by atoms with Gasteiger partial charge in [0, 0.05) is 5.69 Å². The number of anilines is 1. The maximum absolute atomic E-state index is 13.5. The molecule has 0 spiro atoms. The lowest BCUT2D eigenvalue weighted by molar-refractivity contribution is -0.173. The quantitative estimate of drug-likeness (QED) is 0.642. The fourth-order valence-electron chi connectivity index (χ4n) is 1.15. The van der Waals surface area contributed by atoms with Gasteiger partial charge in [-0.2, -0.15) is 8.78 Å². The standard InChI is InChI=1S/C10H10F3NO2/c1-2-16-9(15)10(12,13)7-4-3-6(11)5-8(7)14/h3-5H,2,14H2,1H3. The molecule has 0 aliphatic heterocycles. The summed E-state index contributed by atoms with van der Waals surface area (Å²) < 4.78 is 43.8. The summed E-state index contributed by atoms with van der Waals surface area (Å²) in [5.41, 5.74) is 3.97. The Labute approximate surface area is 90.0 Å². The van der Waals surface area contributed by atoms with Crippen LogP contribution >= 0.6 is 0 Å². The van der Waals surface area contributed by atoms with E-state index in [4.69, 9.17) is 5.73 Å². The van der Waals surface area contributed by atoms with Crippen LogP contribution in [0.5, 0.6) is 0 Å². The Hall–Kier alpha value is -1.72. The molecule has 0 atom stereocenters. The van der Waals surface area contributed by atoms with Gasteiger partial charge in [0.15, 0.2) is 0 Å². The molecule has 88 valence electrons. The molecule has 0 radical (unpaired) electrons. The predicted molar refractivity (Wildman–Crippen MR) is 51.3 cm³/mol. The SMILES string of the molecule is CCOC(=O)C(F)(F)c1ccc(F)cc1N. The highest BCUT2D eigenvalue weighted by molar-refractivity contribution is 5.81. The van der Waals surface area contributed by atoms with Gasteiger partial charge >= 0.3 is 11.9 Å². The van der Waals surface area contributed by atoms with E-state index in [1.165, 1.54) is 6.92 Å². The minimum absolute atomic E-state index is 0.171. The van der Waals surface area contributed by atoms with Crippen LogP contribution < -0.4 is 5.73 Å². The molecule has 0 unspecified atom stereocenters. The molecular formula is C10H10F3NO2. The zero-order valence-electron chi connectivity index (χ0n) is 8.47. The van der Waals surface area contributed by atoms with Crippen LogP contribution in [0.25, 0.3) is 0 Å². The van der Waals surface area contributed by atoms with Crippen molar-refractivity contribution in [1.82, 2.24) is 0 Å². The Kier molecular flexibility index (Phi) is 3.41. The molecule has 0 aromatic heterocycles. The predicted octanol–water partition coefficient (Wildman–Crippen LogP) is 2.06. The number of halogens is 3. The van der Waals surface area contributed by atoms with Gasteiger partial charge in [-0.05, 0) is 25.1 Å². The first-order valence-electron chi connectivity index (χ1n) is 4.50. The molecule has 0 heterocycles. The molecule has 1 aromatic carbocycles. The van der Waals surface area contributed by atoms with E-state index in [9.17, 15) is 18.0 Å².